The second-order valence-corrected chi connectivity index (χ2v) is 7.01. The van der Waals surface area contributed by atoms with Crippen LogP contribution in [0.5, 0.6) is 0 Å². The summed E-state index contributed by atoms with van der Waals surface area (Å²) in [5, 5.41) is 4.89. The van der Waals surface area contributed by atoms with Gasteiger partial charge in [-0.2, -0.15) is 0 Å². The summed E-state index contributed by atoms with van der Waals surface area (Å²) in [4.78, 5) is 2.73. The zero-order chi connectivity index (χ0) is 14.0. The summed E-state index contributed by atoms with van der Waals surface area (Å²) in [7, 11) is 0. The van der Waals surface area contributed by atoms with Gasteiger partial charge in [-0.15, -0.1) is 11.3 Å². The molecule has 0 radical (unpaired) electrons. The zero-order valence-electron chi connectivity index (χ0n) is 11.3. The first-order valence-corrected chi connectivity index (χ1v) is 7.79. The van der Waals surface area contributed by atoms with E-state index in [1.54, 1.807) is 6.07 Å². The van der Waals surface area contributed by atoms with Crippen molar-refractivity contribution in [2.75, 3.05) is 0 Å². The lowest BCUT2D eigenvalue weighted by atomic mass is 10.1. The SMILES string of the molecule is Cc1cc(C(C)NCc2ccc(Cl)cc2Cl)c(C)s1. The fourth-order valence-corrected chi connectivity index (χ4v) is 3.62. The summed E-state index contributed by atoms with van der Waals surface area (Å²) in [6.07, 6.45) is 0. The number of benzene rings is 1. The Morgan fingerprint density at radius 3 is 2.53 bits per heavy atom. The molecule has 2 rings (SSSR count). The molecule has 0 fully saturated rings. The predicted molar refractivity (Wildman–Crippen MR) is 85.5 cm³/mol. The topological polar surface area (TPSA) is 12.0 Å². The van der Waals surface area contributed by atoms with Crippen molar-refractivity contribution >= 4 is 34.5 Å². The molecule has 0 aliphatic heterocycles. The van der Waals surface area contributed by atoms with Crippen molar-refractivity contribution < 1.29 is 0 Å². The maximum atomic E-state index is 6.17. The van der Waals surface area contributed by atoms with E-state index in [1.165, 1.54) is 15.3 Å². The molecule has 2 aromatic rings. The van der Waals surface area contributed by atoms with Crippen LogP contribution in [0, 0.1) is 13.8 Å². The van der Waals surface area contributed by atoms with Crippen LogP contribution in [0.25, 0.3) is 0 Å². The molecule has 0 spiro atoms. The van der Waals surface area contributed by atoms with Gasteiger partial charge in [0.25, 0.3) is 0 Å². The van der Waals surface area contributed by atoms with Crippen LogP contribution in [-0.4, -0.2) is 0 Å². The smallest absolute Gasteiger partial charge is 0.0465 e. The molecule has 102 valence electrons. The van der Waals surface area contributed by atoms with Gasteiger partial charge in [0.05, 0.1) is 0 Å². The number of aryl methyl sites for hydroxylation is 2. The van der Waals surface area contributed by atoms with Gasteiger partial charge >= 0.3 is 0 Å². The van der Waals surface area contributed by atoms with E-state index in [-0.39, 0.29) is 0 Å². The van der Waals surface area contributed by atoms with Crippen molar-refractivity contribution in [2.45, 2.75) is 33.4 Å². The van der Waals surface area contributed by atoms with Crippen LogP contribution in [0.2, 0.25) is 10.0 Å². The minimum Gasteiger partial charge on any atom is -0.306 e. The van der Waals surface area contributed by atoms with Crippen LogP contribution in [0.4, 0.5) is 0 Å². The van der Waals surface area contributed by atoms with Crippen LogP contribution >= 0.6 is 34.5 Å². The van der Waals surface area contributed by atoms with Crippen LogP contribution in [0.15, 0.2) is 24.3 Å². The lowest BCUT2D eigenvalue weighted by Gasteiger charge is -2.14. The van der Waals surface area contributed by atoms with Crippen molar-refractivity contribution in [3.05, 3.63) is 55.2 Å². The highest BCUT2D eigenvalue weighted by Gasteiger charge is 2.11. The van der Waals surface area contributed by atoms with Gasteiger partial charge in [-0.1, -0.05) is 29.3 Å². The quantitative estimate of drug-likeness (QED) is 0.783. The van der Waals surface area contributed by atoms with E-state index in [0.29, 0.717) is 16.1 Å². The van der Waals surface area contributed by atoms with Gasteiger partial charge in [0.1, 0.15) is 0 Å². The minimum atomic E-state index is 0.316. The Morgan fingerprint density at radius 2 is 1.95 bits per heavy atom. The van der Waals surface area contributed by atoms with E-state index in [9.17, 15) is 0 Å². The van der Waals surface area contributed by atoms with E-state index in [1.807, 2.05) is 23.5 Å². The standard InChI is InChI=1S/C15H17Cl2NS/c1-9-6-14(11(3)19-9)10(2)18-8-12-4-5-13(16)7-15(12)17/h4-7,10,18H,8H2,1-3H3. The Bertz CT molecular complexity index is 578. The molecule has 1 aromatic carbocycles. The lowest BCUT2D eigenvalue weighted by Crippen LogP contribution is -2.18. The number of hydrogen-bond acceptors (Lipinski definition) is 2. The number of thiophene rings is 1. The fraction of sp³-hybridized carbons (Fsp3) is 0.333. The van der Waals surface area contributed by atoms with E-state index in [0.717, 1.165) is 12.1 Å². The van der Waals surface area contributed by atoms with Gasteiger partial charge < -0.3 is 5.32 Å². The molecule has 1 unspecified atom stereocenters. The first kappa shape index (κ1) is 14.9. The number of hydrogen-bond donors (Lipinski definition) is 1. The van der Waals surface area contributed by atoms with Crippen molar-refractivity contribution in [3.63, 3.8) is 0 Å². The number of nitrogens with one attached hydrogen (secondary N) is 1. The molecule has 0 saturated carbocycles. The Hall–Kier alpha value is -0.540. The highest BCUT2D eigenvalue weighted by molar-refractivity contribution is 7.12. The zero-order valence-corrected chi connectivity index (χ0v) is 13.6. The number of rotatable bonds is 4. The van der Waals surface area contributed by atoms with Crippen LogP contribution in [0.1, 0.15) is 33.8 Å². The van der Waals surface area contributed by atoms with Crippen molar-refractivity contribution in [1.29, 1.82) is 0 Å². The van der Waals surface area contributed by atoms with E-state index in [4.69, 9.17) is 23.2 Å². The van der Waals surface area contributed by atoms with E-state index < -0.39 is 0 Å². The third-order valence-electron chi connectivity index (χ3n) is 3.16. The molecule has 1 heterocycles. The van der Waals surface area contributed by atoms with Crippen molar-refractivity contribution in [1.82, 2.24) is 5.32 Å². The third-order valence-corrected chi connectivity index (χ3v) is 4.73. The maximum absolute atomic E-state index is 6.17. The molecule has 1 atom stereocenters. The number of halogens is 2. The van der Waals surface area contributed by atoms with Gasteiger partial charge in [-0.05, 0) is 50.1 Å². The first-order valence-electron chi connectivity index (χ1n) is 6.21. The second kappa shape index (κ2) is 6.27. The Morgan fingerprint density at radius 1 is 1.21 bits per heavy atom. The Balaban J connectivity index is 2.04. The van der Waals surface area contributed by atoms with E-state index >= 15 is 0 Å². The molecule has 1 aromatic heterocycles. The molecular formula is C15H17Cl2NS. The molecular weight excluding hydrogens is 297 g/mol. The van der Waals surface area contributed by atoms with Gasteiger partial charge in [0.15, 0.2) is 0 Å². The summed E-state index contributed by atoms with van der Waals surface area (Å²) in [5.41, 5.74) is 2.44. The molecule has 0 bridgehead atoms. The average molecular weight is 314 g/mol. The monoisotopic (exact) mass is 313 g/mol. The highest BCUT2D eigenvalue weighted by atomic mass is 35.5. The molecule has 4 heteroatoms. The maximum Gasteiger partial charge on any atom is 0.0465 e. The van der Waals surface area contributed by atoms with Gasteiger partial charge in [-0.25, -0.2) is 0 Å². The molecule has 1 nitrogen and oxygen atoms in total. The largest absolute Gasteiger partial charge is 0.306 e. The van der Waals surface area contributed by atoms with Crippen LogP contribution < -0.4 is 5.32 Å². The molecule has 0 aliphatic rings. The van der Waals surface area contributed by atoms with Crippen LogP contribution in [-0.2, 0) is 6.54 Å². The summed E-state index contributed by atoms with van der Waals surface area (Å²) in [5.74, 6) is 0. The van der Waals surface area contributed by atoms with E-state index in [2.05, 4.69) is 32.2 Å². The van der Waals surface area contributed by atoms with Gasteiger partial charge in [-0.3, -0.25) is 0 Å². The predicted octanol–water partition coefficient (Wildman–Crippen LogP) is 5.52. The minimum absolute atomic E-state index is 0.316. The first-order chi connectivity index (χ1) is 8.97. The molecule has 1 N–H and O–H groups in total. The van der Waals surface area contributed by atoms with Crippen molar-refractivity contribution in [2.24, 2.45) is 0 Å². The third kappa shape index (κ3) is 3.73. The highest BCUT2D eigenvalue weighted by Crippen LogP contribution is 2.27. The van der Waals surface area contributed by atoms with Gasteiger partial charge in [0.2, 0.25) is 0 Å². The van der Waals surface area contributed by atoms with Crippen LogP contribution in [0.3, 0.4) is 0 Å². The molecule has 0 amide bonds. The summed E-state index contributed by atoms with van der Waals surface area (Å²) < 4.78 is 0. The normalized spacial score (nSPS) is 12.7. The molecule has 0 saturated heterocycles. The Kier molecular flexibility index (Phi) is 4.91. The average Bonchev–Trinajstić information content (AvgIpc) is 2.67. The fourth-order valence-electron chi connectivity index (χ4n) is 2.12. The van der Waals surface area contributed by atoms with Gasteiger partial charge in [0, 0.05) is 32.4 Å². The molecule has 19 heavy (non-hydrogen) atoms. The second-order valence-electron chi connectivity index (χ2n) is 4.71. The summed E-state index contributed by atoms with van der Waals surface area (Å²) in [6, 6.07) is 8.19. The Labute approximate surface area is 128 Å². The van der Waals surface area contributed by atoms with Crippen molar-refractivity contribution in [3.8, 4) is 0 Å². The summed E-state index contributed by atoms with van der Waals surface area (Å²) >= 11 is 13.9. The summed E-state index contributed by atoms with van der Waals surface area (Å²) in [6.45, 7) is 7.23. The molecule has 0 aliphatic carbocycles. The lowest BCUT2D eigenvalue weighted by molar-refractivity contribution is 0.574.